The molecular weight excluding hydrogens is 430 g/mol. The topological polar surface area (TPSA) is 71.4 Å². The largest absolute Gasteiger partial charge is 0.371 e. The van der Waals surface area contributed by atoms with E-state index in [2.05, 4.69) is 28.7 Å². The van der Waals surface area contributed by atoms with E-state index in [4.69, 9.17) is 0 Å². The summed E-state index contributed by atoms with van der Waals surface area (Å²) in [7, 11) is -3.67. The number of fused-ring (bicyclic) bond motifs is 1. The van der Waals surface area contributed by atoms with Crippen LogP contribution in [-0.4, -0.2) is 26.1 Å². The lowest BCUT2D eigenvalue weighted by atomic mass is 9.99. The van der Waals surface area contributed by atoms with Crippen LogP contribution in [0.5, 0.6) is 0 Å². The van der Waals surface area contributed by atoms with Gasteiger partial charge in [-0.1, -0.05) is 37.3 Å². The van der Waals surface area contributed by atoms with Crippen LogP contribution in [0.15, 0.2) is 52.2 Å². The molecule has 1 aliphatic rings. The van der Waals surface area contributed by atoms with Gasteiger partial charge in [0.15, 0.2) is 0 Å². The lowest BCUT2D eigenvalue weighted by Crippen LogP contribution is -2.34. The van der Waals surface area contributed by atoms with Gasteiger partial charge in [-0.05, 0) is 61.1 Å². The quantitative estimate of drug-likeness (QED) is 0.575. The van der Waals surface area contributed by atoms with Crippen molar-refractivity contribution in [1.82, 2.24) is 9.29 Å². The molecular formula is C23H29N3O3S2. The average Bonchev–Trinajstić information content (AvgIpc) is 3.07. The SMILES string of the molecule is CCCn1c(=O)sc2cc(S(=O)(=O)NCc3ccc(N4CCC[C@@H](C)C4)cc3)ccc21. The van der Waals surface area contributed by atoms with E-state index in [9.17, 15) is 13.2 Å². The van der Waals surface area contributed by atoms with Gasteiger partial charge in [-0.15, -0.1) is 0 Å². The lowest BCUT2D eigenvalue weighted by molar-refractivity contribution is 0.447. The van der Waals surface area contributed by atoms with Crippen molar-refractivity contribution >= 4 is 37.3 Å². The van der Waals surface area contributed by atoms with Crippen LogP contribution in [-0.2, 0) is 23.1 Å². The molecule has 0 radical (unpaired) electrons. The second-order valence-electron chi connectivity index (χ2n) is 8.33. The third-order valence-corrected chi connectivity index (χ3v) is 8.16. The molecule has 0 aliphatic carbocycles. The molecule has 1 aliphatic heterocycles. The Kier molecular flexibility index (Phi) is 6.50. The van der Waals surface area contributed by atoms with Crippen molar-refractivity contribution in [1.29, 1.82) is 0 Å². The summed E-state index contributed by atoms with van der Waals surface area (Å²) >= 11 is 1.09. The van der Waals surface area contributed by atoms with Gasteiger partial charge in [0.05, 0.1) is 15.1 Å². The molecule has 2 heterocycles. The highest BCUT2D eigenvalue weighted by Crippen LogP contribution is 2.24. The minimum Gasteiger partial charge on any atom is -0.371 e. The van der Waals surface area contributed by atoms with Gasteiger partial charge in [0.2, 0.25) is 10.0 Å². The van der Waals surface area contributed by atoms with Crippen molar-refractivity contribution in [2.75, 3.05) is 18.0 Å². The molecule has 0 spiro atoms. The highest BCUT2D eigenvalue weighted by molar-refractivity contribution is 7.89. The number of aryl methyl sites for hydroxylation is 1. The Morgan fingerprint density at radius 3 is 2.65 bits per heavy atom. The summed E-state index contributed by atoms with van der Waals surface area (Å²) in [6, 6.07) is 13.0. The smallest absolute Gasteiger partial charge is 0.308 e. The van der Waals surface area contributed by atoms with E-state index in [1.54, 1.807) is 22.8 Å². The van der Waals surface area contributed by atoms with E-state index in [1.807, 2.05) is 19.1 Å². The minimum atomic E-state index is -3.67. The summed E-state index contributed by atoms with van der Waals surface area (Å²) in [4.78, 5) is 14.7. The molecule has 3 aromatic rings. The number of aromatic nitrogens is 1. The number of nitrogens with one attached hydrogen (secondary N) is 1. The highest BCUT2D eigenvalue weighted by Gasteiger charge is 2.18. The van der Waals surface area contributed by atoms with Crippen molar-refractivity contribution in [2.45, 2.75) is 51.1 Å². The number of hydrogen-bond acceptors (Lipinski definition) is 5. The van der Waals surface area contributed by atoms with Gasteiger partial charge in [-0.25, -0.2) is 13.1 Å². The van der Waals surface area contributed by atoms with Crippen LogP contribution in [0.3, 0.4) is 0 Å². The first kappa shape index (κ1) is 22.0. The first-order chi connectivity index (χ1) is 14.9. The van der Waals surface area contributed by atoms with Crippen LogP contribution in [0, 0.1) is 5.92 Å². The summed E-state index contributed by atoms with van der Waals surface area (Å²) < 4.78 is 30.7. The number of anilines is 1. The fraction of sp³-hybridized carbons (Fsp3) is 0.435. The second-order valence-corrected chi connectivity index (χ2v) is 11.1. The van der Waals surface area contributed by atoms with Crippen LogP contribution in [0.4, 0.5) is 5.69 Å². The number of hydrogen-bond donors (Lipinski definition) is 1. The lowest BCUT2D eigenvalue weighted by Gasteiger charge is -2.32. The highest BCUT2D eigenvalue weighted by atomic mass is 32.2. The molecule has 31 heavy (non-hydrogen) atoms. The zero-order chi connectivity index (χ0) is 22.0. The molecule has 0 saturated carbocycles. The predicted molar refractivity (Wildman–Crippen MR) is 127 cm³/mol. The molecule has 1 N–H and O–H groups in total. The van der Waals surface area contributed by atoms with Crippen LogP contribution in [0.1, 0.15) is 38.7 Å². The van der Waals surface area contributed by atoms with Gasteiger partial charge in [-0.2, -0.15) is 0 Å². The number of sulfonamides is 1. The van der Waals surface area contributed by atoms with Gasteiger partial charge in [0.1, 0.15) is 0 Å². The Morgan fingerprint density at radius 2 is 1.94 bits per heavy atom. The van der Waals surface area contributed by atoms with Crippen molar-refractivity contribution in [3.05, 3.63) is 57.7 Å². The number of piperidine rings is 1. The monoisotopic (exact) mass is 459 g/mol. The molecule has 0 bridgehead atoms. The van der Waals surface area contributed by atoms with Crippen LogP contribution >= 0.6 is 11.3 Å². The summed E-state index contributed by atoms with van der Waals surface area (Å²) in [6.45, 7) is 7.30. The zero-order valence-electron chi connectivity index (χ0n) is 18.0. The van der Waals surface area contributed by atoms with Gasteiger partial charge >= 0.3 is 4.87 Å². The number of nitrogens with zero attached hydrogens (tertiary/aromatic N) is 2. The Balaban J connectivity index is 1.46. The molecule has 1 atom stereocenters. The van der Waals surface area contributed by atoms with Crippen molar-refractivity contribution in [3.63, 3.8) is 0 Å². The molecule has 1 aromatic heterocycles. The summed E-state index contributed by atoms with van der Waals surface area (Å²) in [5, 5.41) is 0. The van der Waals surface area contributed by atoms with Crippen LogP contribution in [0.2, 0.25) is 0 Å². The number of benzene rings is 2. The maximum absolute atomic E-state index is 12.8. The number of thiazole rings is 1. The van der Waals surface area contributed by atoms with Crippen molar-refractivity contribution in [3.8, 4) is 0 Å². The van der Waals surface area contributed by atoms with E-state index in [0.29, 0.717) is 17.2 Å². The Bertz CT molecular complexity index is 1210. The second kappa shape index (κ2) is 9.14. The summed E-state index contributed by atoms with van der Waals surface area (Å²) in [6.07, 6.45) is 3.34. The molecule has 166 valence electrons. The third-order valence-electron chi connectivity index (χ3n) is 5.82. The fourth-order valence-corrected chi connectivity index (χ4v) is 6.23. The summed E-state index contributed by atoms with van der Waals surface area (Å²) in [5.74, 6) is 0.704. The van der Waals surface area contributed by atoms with Crippen LogP contribution < -0.4 is 14.5 Å². The van der Waals surface area contributed by atoms with Crippen molar-refractivity contribution < 1.29 is 8.42 Å². The standard InChI is InChI=1S/C23H29N3O3S2/c1-3-12-26-21-11-10-20(14-22(21)30-23(26)27)31(28,29)24-15-18-6-8-19(9-7-18)25-13-4-5-17(2)16-25/h6-11,14,17,24H,3-5,12-13,15-16H2,1-2H3/t17-/m1/s1. The first-order valence-corrected chi connectivity index (χ1v) is 13.1. The molecule has 2 aromatic carbocycles. The maximum atomic E-state index is 12.8. The Labute approximate surface area is 187 Å². The van der Waals surface area contributed by atoms with E-state index in [-0.39, 0.29) is 16.3 Å². The van der Waals surface area contributed by atoms with Gasteiger partial charge < -0.3 is 4.90 Å². The maximum Gasteiger partial charge on any atom is 0.308 e. The first-order valence-electron chi connectivity index (χ1n) is 10.8. The fourth-order valence-electron chi connectivity index (χ4n) is 4.16. The zero-order valence-corrected chi connectivity index (χ0v) is 19.6. The van der Waals surface area contributed by atoms with Crippen molar-refractivity contribution in [2.24, 2.45) is 5.92 Å². The third kappa shape index (κ3) is 4.86. The normalized spacial score (nSPS) is 17.4. The van der Waals surface area contributed by atoms with E-state index >= 15 is 0 Å². The Morgan fingerprint density at radius 1 is 1.16 bits per heavy atom. The van der Waals surface area contributed by atoms with Crippen LogP contribution in [0.25, 0.3) is 10.2 Å². The minimum absolute atomic E-state index is 0.0532. The van der Waals surface area contributed by atoms with E-state index in [0.717, 1.165) is 41.9 Å². The molecule has 0 amide bonds. The Hall–Kier alpha value is -2.16. The predicted octanol–water partition coefficient (Wildman–Crippen LogP) is 4.19. The van der Waals surface area contributed by atoms with Gasteiger partial charge in [0.25, 0.3) is 0 Å². The molecule has 6 nitrogen and oxygen atoms in total. The average molecular weight is 460 g/mol. The molecule has 1 saturated heterocycles. The number of rotatable bonds is 7. The molecule has 1 fully saturated rings. The van der Waals surface area contributed by atoms with E-state index in [1.165, 1.54) is 18.5 Å². The molecule has 4 rings (SSSR count). The summed E-state index contributed by atoms with van der Waals surface area (Å²) in [5.41, 5.74) is 2.89. The van der Waals surface area contributed by atoms with E-state index < -0.39 is 10.0 Å². The van der Waals surface area contributed by atoms with Gasteiger partial charge in [-0.3, -0.25) is 9.36 Å². The molecule has 0 unspecified atom stereocenters. The molecule has 8 heteroatoms. The van der Waals surface area contributed by atoms with Gasteiger partial charge in [0, 0.05) is 31.9 Å².